The van der Waals surface area contributed by atoms with E-state index >= 15 is 0 Å². The van der Waals surface area contributed by atoms with Crippen LogP contribution in [-0.4, -0.2) is 15.8 Å². The van der Waals surface area contributed by atoms with Crippen LogP contribution in [0.25, 0.3) is 10.2 Å². The van der Waals surface area contributed by atoms with Crippen molar-refractivity contribution < 1.29 is 18.5 Å². The van der Waals surface area contributed by atoms with Crippen molar-refractivity contribution in [3.8, 4) is 0 Å². The van der Waals surface area contributed by atoms with E-state index in [2.05, 4.69) is 10.3 Å². The van der Waals surface area contributed by atoms with Crippen LogP contribution in [0, 0.1) is 21.7 Å². The molecule has 116 valence electrons. The van der Waals surface area contributed by atoms with Crippen molar-refractivity contribution in [3.05, 3.63) is 63.7 Å². The number of carbonyl (C=O) groups is 1. The number of rotatable bonds is 3. The quantitative estimate of drug-likeness (QED) is 0.584. The van der Waals surface area contributed by atoms with E-state index in [-0.39, 0.29) is 16.4 Å². The SMILES string of the molecule is O=C(Nc1nc2ccc([N+](=O)[O-])cc2s1)c1cc(F)cc(F)c1. The Labute approximate surface area is 131 Å². The minimum Gasteiger partial charge on any atom is -0.298 e. The number of anilines is 1. The molecule has 0 saturated heterocycles. The minimum atomic E-state index is -0.866. The third-order valence-corrected chi connectivity index (χ3v) is 3.86. The summed E-state index contributed by atoms with van der Waals surface area (Å²) in [6.07, 6.45) is 0. The van der Waals surface area contributed by atoms with Crippen LogP contribution in [0.1, 0.15) is 10.4 Å². The fourth-order valence-electron chi connectivity index (χ4n) is 1.93. The van der Waals surface area contributed by atoms with Gasteiger partial charge in [0.25, 0.3) is 11.6 Å². The Balaban J connectivity index is 1.88. The zero-order chi connectivity index (χ0) is 16.6. The van der Waals surface area contributed by atoms with Crippen molar-refractivity contribution in [3.63, 3.8) is 0 Å². The van der Waals surface area contributed by atoms with E-state index in [0.29, 0.717) is 16.3 Å². The third kappa shape index (κ3) is 3.14. The molecule has 3 rings (SSSR count). The highest BCUT2D eigenvalue weighted by atomic mass is 32.1. The number of carbonyl (C=O) groups excluding carboxylic acids is 1. The summed E-state index contributed by atoms with van der Waals surface area (Å²) in [6, 6.07) is 6.56. The molecule has 6 nitrogen and oxygen atoms in total. The molecule has 0 atom stereocenters. The molecule has 23 heavy (non-hydrogen) atoms. The second-order valence-electron chi connectivity index (χ2n) is 4.54. The number of halogens is 2. The van der Waals surface area contributed by atoms with E-state index in [1.165, 1.54) is 18.2 Å². The molecule has 9 heteroatoms. The average molecular weight is 335 g/mol. The summed E-state index contributed by atoms with van der Waals surface area (Å²) in [7, 11) is 0. The largest absolute Gasteiger partial charge is 0.298 e. The third-order valence-electron chi connectivity index (χ3n) is 2.93. The molecule has 0 bridgehead atoms. The molecule has 0 radical (unpaired) electrons. The molecule has 0 aliphatic rings. The summed E-state index contributed by atoms with van der Waals surface area (Å²) < 4.78 is 26.7. The van der Waals surface area contributed by atoms with Crippen LogP contribution in [0.5, 0.6) is 0 Å². The summed E-state index contributed by atoms with van der Waals surface area (Å²) in [5.74, 6) is -2.46. The van der Waals surface area contributed by atoms with Gasteiger partial charge in [-0.05, 0) is 18.2 Å². The van der Waals surface area contributed by atoms with Gasteiger partial charge in [-0.15, -0.1) is 0 Å². The van der Waals surface area contributed by atoms with E-state index in [4.69, 9.17) is 0 Å². The number of non-ortho nitro benzene ring substituents is 1. The molecular formula is C14H7F2N3O3S. The lowest BCUT2D eigenvalue weighted by Crippen LogP contribution is -2.12. The first kappa shape index (κ1) is 15.0. The Hall–Kier alpha value is -2.94. The number of hydrogen-bond donors (Lipinski definition) is 1. The predicted octanol–water partition coefficient (Wildman–Crippen LogP) is 3.74. The normalized spacial score (nSPS) is 10.7. The van der Waals surface area contributed by atoms with Crippen LogP contribution >= 0.6 is 11.3 Å². The number of aromatic nitrogens is 1. The standard InChI is InChI=1S/C14H7F2N3O3S/c15-8-3-7(4-9(16)5-8)13(20)18-14-17-11-2-1-10(19(21)22)6-12(11)23-14/h1-6H,(H,17,18,20). The molecular weight excluding hydrogens is 328 g/mol. The zero-order valence-corrected chi connectivity index (χ0v) is 12.1. The Bertz CT molecular complexity index is 922. The van der Waals surface area contributed by atoms with Gasteiger partial charge in [0.2, 0.25) is 0 Å². The summed E-state index contributed by atoms with van der Waals surface area (Å²) in [5.41, 5.74) is 0.195. The maximum atomic E-state index is 13.1. The molecule has 1 amide bonds. The smallest absolute Gasteiger partial charge is 0.270 e. The topological polar surface area (TPSA) is 85.1 Å². The van der Waals surface area contributed by atoms with Crippen molar-refractivity contribution in [1.29, 1.82) is 0 Å². The number of nitrogens with one attached hydrogen (secondary N) is 1. The van der Waals surface area contributed by atoms with Gasteiger partial charge in [-0.2, -0.15) is 0 Å². The Morgan fingerprint density at radius 3 is 2.52 bits per heavy atom. The van der Waals surface area contributed by atoms with Gasteiger partial charge in [-0.1, -0.05) is 11.3 Å². The minimum absolute atomic E-state index is 0.0915. The Morgan fingerprint density at radius 1 is 1.17 bits per heavy atom. The number of fused-ring (bicyclic) bond motifs is 1. The maximum Gasteiger partial charge on any atom is 0.270 e. The summed E-state index contributed by atoms with van der Waals surface area (Å²) in [6.45, 7) is 0. The number of nitro benzene ring substituents is 1. The number of nitrogens with zero attached hydrogens (tertiary/aromatic N) is 2. The summed E-state index contributed by atoms with van der Waals surface area (Å²) >= 11 is 1.03. The van der Waals surface area contributed by atoms with Crippen LogP contribution in [0.3, 0.4) is 0 Å². The van der Waals surface area contributed by atoms with Gasteiger partial charge in [-0.3, -0.25) is 20.2 Å². The average Bonchev–Trinajstić information content (AvgIpc) is 2.87. The van der Waals surface area contributed by atoms with Gasteiger partial charge in [0.1, 0.15) is 11.6 Å². The van der Waals surface area contributed by atoms with Crippen molar-refractivity contribution >= 4 is 38.3 Å². The van der Waals surface area contributed by atoms with E-state index in [1.807, 2.05) is 0 Å². The molecule has 0 aliphatic heterocycles. The highest BCUT2D eigenvalue weighted by molar-refractivity contribution is 7.22. The van der Waals surface area contributed by atoms with Gasteiger partial charge < -0.3 is 0 Å². The van der Waals surface area contributed by atoms with E-state index in [1.54, 1.807) is 0 Å². The molecule has 0 aliphatic carbocycles. The summed E-state index contributed by atoms with van der Waals surface area (Å²) in [5, 5.41) is 13.3. The monoisotopic (exact) mass is 335 g/mol. The Morgan fingerprint density at radius 2 is 1.87 bits per heavy atom. The first-order valence-corrected chi connectivity index (χ1v) is 7.06. The number of amides is 1. The highest BCUT2D eigenvalue weighted by Crippen LogP contribution is 2.29. The lowest BCUT2D eigenvalue weighted by atomic mass is 10.2. The van der Waals surface area contributed by atoms with E-state index in [0.717, 1.165) is 23.5 Å². The van der Waals surface area contributed by atoms with Crippen molar-refractivity contribution in [2.75, 3.05) is 5.32 Å². The maximum absolute atomic E-state index is 13.1. The molecule has 1 heterocycles. The number of hydrogen-bond acceptors (Lipinski definition) is 5. The van der Waals surface area contributed by atoms with Gasteiger partial charge in [-0.25, -0.2) is 13.8 Å². The first-order valence-electron chi connectivity index (χ1n) is 6.25. The van der Waals surface area contributed by atoms with Gasteiger partial charge >= 0.3 is 0 Å². The number of benzene rings is 2. The second-order valence-corrected chi connectivity index (χ2v) is 5.57. The molecule has 1 N–H and O–H groups in total. The van der Waals surface area contributed by atoms with Gasteiger partial charge in [0.15, 0.2) is 5.13 Å². The first-order chi connectivity index (χ1) is 10.9. The zero-order valence-electron chi connectivity index (χ0n) is 11.2. The van der Waals surface area contributed by atoms with Crippen LogP contribution < -0.4 is 5.32 Å². The van der Waals surface area contributed by atoms with Gasteiger partial charge in [0.05, 0.1) is 15.1 Å². The molecule has 0 unspecified atom stereocenters. The number of thiazole rings is 1. The fourth-order valence-corrected chi connectivity index (χ4v) is 2.83. The van der Waals surface area contributed by atoms with Crippen molar-refractivity contribution in [1.82, 2.24) is 4.98 Å². The Kier molecular flexibility index (Phi) is 3.70. The van der Waals surface area contributed by atoms with Crippen LogP contribution in [0.2, 0.25) is 0 Å². The lowest BCUT2D eigenvalue weighted by Gasteiger charge is -2.01. The lowest BCUT2D eigenvalue weighted by molar-refractivity contribution is -0.384. The van der Waals surface area contributed by atoms with Crippen LogP contribution in [0.15, 0.2) is 36.4 Å². The fraction of sp³-hybridized carbons (Fsp3) is 0. The molecule has 0 saturated carbocycles. The summed E-state index contributed by atoms with van der Waals surface area (Å²) in [4.78, 5) is 26.3. The van der Waals surface area contributed by atoms with Crippen molar-refractivity contribution in [2.45, 2.75) is 0 Å². The molecule has 0 spiro atoms. The molecule has 1 aromatic heterocycles. The second kappa shape index (κ2) is 5.69. The van der Waals surface area contributed by atoms with Crippen LogP contribution in [-0.2, 0) is 0 Å². The van der Waals surface area contributed by atoms with Crippen molar-refractivity contribution in [2.24, 2.45) is 0 Å². The van der Waals surface area contributed by atoms with Crippen LogP contribution in [0.4, 0.5) is 19.6 Å². The molecule has 2 aromatic carbocycles. The van der Waals surface area contributed by atoms with Gasteiger partial charge in [0, 0.05) is 23.8 Å². The predicted molar refractivity (Wildman–Crippen MR) is 80.6 cm³/mol. The highest BCUT2D eigenvalue weighted by Gasteiger charge is 2.14. The molecule has 0 fully saturated rings. The van der Waals surface area contributed by atoms with E-state index < -0.39 is 22.5 Å². The number of nitro groups is 1. The van der Waals surface area contributed by atoms with E-state index in [9.17, 15) is 23.7 Å². The molecule has 3 aromatic rings.